The summed E-state index contributed by atoms with van der Waals surface area (Å²) in [4.78, 5) is 17.7. The van der Waals surface area contributed by atoms with E-state index in [1.807, 2.05) is 18.2 Å². The van der Waals surface area contributed by atoms with Crippen LogP contribution in [0.5, 0.6) is 5.75 Å². The van der Waals surface area contributed by atoms with Gasteiger partial charge in [-0.05, 0) is 46.6 Å². The number of rotatable bonds is 7. The lowest BCUT2D eigenvalue weighted by Gasteiger charge is -2.10. The quantitative estimate of drug-likeness (QED) is 0.628. The Morgan fingerprint density at radius 1 is 1.32 bits per heavy atom. The highest BCUT2D eigenvalue weighted by atomic mass is 79.9. The summed E-state index contributed by atoms with van der Waals surface area (Å²) < 4.78 is 11.7. The van der Waals surface area contributed by atoms with Crippen molar-refractivity contribution in [3.63, 3.8) is 0 Å². The molecule has 8 heteroatoms. The number of hydrogen-bond donors (Lipinski definition) is 1. The number of thiophene rings is 1. The van der Waals surface area contributed by atoms with Gasteiger partial charge in [0.25, 0.3) is 5.91 Å². The number of hydrogen-bond acceptors (Lipinski definition) is 6. The number of aromatic nitrogens is 2. The maximum Gasteiger partial charge on any atom is 0.255 e. The molecule has 0 aliphatic carbocycles. The highest BCUT2D eigenvalue weighted by Crippen LogP contribution is 2.22. The smallest absolute Gasteiger partial charge is 0.255 e. The summed E-state index contributed by atoms with van der Waals surface area (Å²) >= 11 is 5.10. The third-order valence-electron chi connectivity index (χ3n) is 3.34. The van der Waals surface area contributed by atoms with Crippen LogP contribution < -0.4 is 10.1 Å². The zero-order valence-electron chi connectivity index (χ0n) is 13.5. The minimum absolute atomic E-state index is 0.144. The van der Waals surface area contributed by atoms with Gasteiger partial charge < -0.3 is 14.6 Å². The fourth-order valence-electron chi connectivity index (χ4n) is 2.20. The number of para-hydroxylation sites is 1. The van der Waals surface area contributed by atoms with Crippen molar-refractivity contribution in [2.45, 2.75) is 20.0 Å². The molecule has 0 unspecified atom stereocenters. The molecule has 0 aliphatic heterocycles. The highest BCUT2D eigenvalue weighted by Gasteiger charge is 2.13. The number of amides is 1. The zero-order chi connectivity index (χ0) is 17.6. The first kappa shape index (κ1) is 17.6. The Morgan fingerprint density at radius 2 is 2.16 bits per heavy atom. The van der Waals surface area contributed by atoms with Gasteiger partial charge in [0.2, 0.25) is 11.7 Å². The van der Waals surface area contributed by atoms with E-state index in [0.29, 0.717) is 29.6 Å². The fraction of sp³-hybridized carbons (Fsp3) is 0.235. The molecule has 1 amide bonds. The van der Waals surface area contributed by atoms with Crippen LogP contribution in [-0.2, 0) is 13.0 Å². The van der Waals surface area contributed by atoms with Crippen LogP contribution >= 0.6 is 27.3 Å². The lowest BCUT2D eigenvalue weighted by atomic mass is 10.2. The lowest BCUT2D eigenvalue weighted by molar-refractivity contribution is 0.0949. The van der Waals surface area contributed by atoms with E-state index in [0.717, 1.165) is 10.2 Å². The van der Waals surface area contributed by atoms with Crippen molar-refractivity contribution in [1.29, 1.82) is 0 Å². The molecule has 3 rings (SSSR count). The summed E-state index contributed by atoms with van der Waals surface area (Å²) in [5.41, 5.74) is 0.482. The second-order valence-electron chi connectivity index (χ2n) is 5.23. The third-order valence-corrected chi connectivity index (χ3v) is 5.03. The third kappa shape index (κ3) is 4.90. The predicted molar refractivity (Wildman–Crippen MR) is 97.9 cm³/mol. The minimum Gasteiger partial charge on any atom is -0.485 e. The number of nitrogens with zero attached hydrogens (tertiary/aromatic N) is 2. The minimum atomic E-state index is -0.171. The van der Waals surface area contributed by atoms with Crippen molar-refractivity contribution in [3.05, 3.63) is 62.3 Å². The van der Waals surface area contributed by atoms with Crippen LogP contribution in [-0.4, -0.2) is 22.6 Å². The van der Waals surface area contributed by atoms with E-state index >= 15 is 0 Å². The molecular weight excluding hydrogens is 406 g/mol. The molecule has 3 aromatic rings. The van der Waals surface area contributed by atoms with E-state index in [2.05, 4.69) is 31.4 Å². The first-order chi connectivity index (χ1) is 12.1. The van der Waals surface area contributed by atoms with Gasteiger partial charge in [0.15, 0.2) is 6.61 Å². The predicted octanol–water partition coefficient (Wildman–Crippen LogP) is 3.75. The summed E-state index contributed by atoms with van der Waals surface area (Å²) in [6, 6.07) is 11.1. The molecular formula is C17H16BrN3O3S. The average molecular weight is 422 g/mol. The van der Waals surface area contributed by atoms with E-state index in [1.54, 1.807) is 36.5 Å². The van der Waals surface area contributed by atoms with E-state index < -0.39 is 0 Å². The van der Waals surface area contributed by atoms with Crippen molar-refractivity contribution in [2.75, 3.05) is 6.54 Å². The van der Waals surface area contributed by atoms with Gasteiger partial charge in [0.1, 0.15) is 5.75 Å². The summed E-state index contributed by atoms with van der Waals surface area (Å²) in [5, 5.41) is 6.70. The molecule has 130 valence electrons. The first-order valence-electron chi connectivity index (χ1n) is 7.65. The molecule has 0 saturated heterocycles. The van der Waals surface area contributed by atoms with Crippen LogP contribution in [0.4, 0.5) is 0 Å². The van der Waals surface area contributed by atoms with Crippen LogP contribution in [0.1, 0.15) is 27.0 Å². The molecule has 1 aromatic carbocycles. The van der Waals surface area contributed by atoms with Gasteiger partial charge in [-0.1, -0.05) is 17.3 Å². The molecule has 0 atom stereocenters. The number of carbonyl (C=O) groups is 1. The van der Waals surface area contributed by atoms with Crippen molar-refractivity contribution >= 4 is 33.2 Å². The number of halogens is 1. The largest absolute Gasteiger partial charge is 0.485 e. The Labute approximate surface area is 157 Å². The number of carbonyl (C=O) groups excluding carboxylic acids is 1. The van der Waals surface area contributed by atoms with E-state index in [9.17, 15) is 4.79 Å². The van der Waals surface area contributed by atoms with Crippen LogP contribution in [0, 0.1) is 6.92 Å². The van der Waals surface area contributed by atoms with Crippen molar-refractivity contribution < 1.29 is 14.1 Å². The maximum absolute atomic E-state index is 12.4. The van der Waals surface area contributed by atoms with Gasteiger partial charge in [-0.3, -0.25) is 4.79 Å². The van der Waals surface area contributed by atoms with E-state index in [1.165, 1.54) is 4.88 Å². The molecule has 0 aliphatic rings. The second-order valence-corrected chi connectivity index (χ2v) is 7.77. The molecule has 6 nitrogen and oxygen atoms in total. The maximum atomic E-state index is 12.4. The van der Waals surface area contributed by atoms with E-state index in [-0.39, 0.29) is 12.5 Å². The first-order valence-corrected chi connectivity index (χ1v) is 9.26. The Hall–Kier alpha value is -2.19. The topological polar surface area (TPSA) is 77.2 Å². The van der Waals surface area contributed by atoms with Crippen LogP contribution in [0.3, 0.4) is 0 Å². The van der Waals surface area contributed by atoms with E-state index in [4.69, 9.17) is 9.26 Å². The highest BCUT2D eigenvalue weighted by molar-refractivity contribution is 9.11. The van der Waals surface area contributed by atoms with Gasteiger partial charge in [-0.15, -0.1) is 11.3 Å². The summed E-state index contributed by atoms with van der Waals surface area (Å²) in [6.45, 7) is 2.42. The number of nitrogens with one attached hydrogen (secondary N) is 1. The molecule has 0 fully saturated rings. The number of aryl methyl sites for hydroxylation is 1. The Balaban J connectivity index is 1.58. The SMILES string of the molecule is Cc1nc(COc2ccccc2C(=O)NCCc2ccc(Br)s2)no1. The lowest BCUT2D eigenvalue weighted by Crippen LogP contribution is -2.26. The Morgan fingerprint density at radius 3 is 2.88 bits per heavy atom. The van der Waals surface area contributed by atoms with Gasteiger partial charge in [-0.25, -0.2) is 0 Å². The standard InChI is InChI=1S/C17H16BrN3O3S/c1-11-20-16(21-24-11)10-23-14-5-3-2-4-13(14)17(22)19-9-8-12-6-7-15(18)25-12/h2-7H,8-10H2,1H3,(H,19,22). The fourth-order valence-corrected chi connectivity index (χ4v) is 3.69. The van der Waals surface area contributed by atoms with Crippen molar-refractivity contribution in [1.82, 2.24) is 15.5 Å². The Bertz CT molecular complexity index is 862. The number of benzene rings is 1. The average Bonchev–Trinajstić information content (AvgIpc) is 3.21. The van der Waals surface area contributed by atoms with Crippen molar-refractivity contribution in [2.24, 2.45) is 0 Å². The van der Waals surface area contributed by atoms with Crippen LogP contribution in [0.2, 0.25) is 0 Å². The summed E-state index contributed by atoms with van der Waals surface area (Å²) in [6.07, 6.45) is 0.785. The Kier molecular flexibility index (Phi) is 5.83. The molecule has 0 spiro atoms. The van der Waals surface area contributed by atoms with Gasteiger partial charge in [-0.2, -0.15) is 4.98 Å². The number of ether oxygens (including phenoxy) is 1. The monoisotopic (exact) mass is 421 g/mol. The second kappa shape index (κ2) is 8.26. The molecule has 0 saturated carbocycles. The van der Waals surface area contributed by atoms with Crippen molar-refractivity contribution in [3.8, 4) is 5.75 Å². The molecule has 2 heterocycles. The van der Waals surface area contributed by atoms with Gasteiger partial charge >= 0.3 is 0 Å². The summed E-state index contributed by atoms with van der Waals surface area (Å²) in [7, 11) is 0. The normalized spacial score (nSPS) is 10.6. The summed E-state index contributed by atoms with van der Waals surface area (Å²) in [5.74, 6) is 1.23. The molecule has 0 radical (unpaired) electrons. The van der Waals surface area contributed by atoms with Crippen LogP contribution in [0.25, 0.3) is 0 Å². The molecule has 1 N–H and O–H groups in total. The van der Waals surface area contributed by atoms with Gasteiger partial charge in [0, 0.05) is 18.3 Å². The van der Waals surface area contributed by atoms with Crippen LogP contribution in [0.15, 0.2) is 44.7 Å². The van der Waals surface area contributed by atoms with Gasteiger partial charge in [0.05, 0.1) is 9.35 Å². The molecule has 2 aromatic heterocycles. The molecule has 0 bridgehead atoms. The zero-order valence-corrected chi connectivity index (χ0v) is 15.9. The molecule has 25 heavy (non-hydrogen) atoms.